The van der Waals surface area contributed by atoms with Crippen LogP contribution in [0.15, 0.2) is 37.4 Å². The van der Waals surface area contributed by atoms with Crippen LogP contribution in [0.5, 0.6) is 0 Å². The van der Waals surface area contributed by atoms with E-state index in [1.54, 1.807) is 31.2 Å². The summed E-state index contributed by atoms with van der Waals surface area (Å²) in [5.41, 5.74) is 0. The van der Waals surface area contributed by atoms with Crippen LogP contribution in [0.2, 0.25) is 0 Å². The summed E-state index contributed by atoms with van der Waals surface area (Å²) >= 11 is 0. The van der Waals surface area contributed by atoms with Gasteiger partial charge in [0.05, 0.1) is 12.7 Å². The molecule has 2 aromatic rings. The number of H-pyrrole nitrogens is 1. The Balaban J connectivity index is -0.0000000437. The molecular weight excluding hydrogens is 224 g/mol. The Labute approximate surface area is 115 Å². The van der Waals surface area contributed by atoms with Gasteiger partial charge >= 0.3 is 0 Å². The number of nitrogens with one attached hydrogen (secondary N) is 1. The van der Waals surface area contributed by atoms with E-state index < -0.39 is 0 Å². The summed E-state index contributed by atoms with van der Waals surface area (Å²) in [5.74, 6) is 0. The van der Waals surface area contributed by atoms with Crippen LogP contribution in [-0.4, -0.2) is 19.5 Å². The number of rotatable bonds is 0. The minimum atomic E-state index is 0. The quantitative estimate of drug-likeness (QED) is 0.738. The van der Waals surface area contributed by atoms with E-state index in [0.29, 0.717) is 0 Å². The molecule has 0 fully saturated rings. The van der Waals surface area contributed by atoms with Gasteiger partial charge in [-0.3, -0.25) is 0 Å². The van der Waals surface area contributed by atoms with Crippen LogP contribution in [0, 0.1) is 0 Å². The highest BCUT2D eigenvalue weighted by atomic mass is 15.0. The molecule has 0 atom stereocenters. The zero-order valence-corrected chi connectivity index (χ0v) is 10.3. The molecule has 0 aliphatic carbocycles. The van der Waals surface area contributed by atoms with E-state index in [2.05, 4.69) is 15.0 Å². The van der Waals surface area contributed by atoms with Crippen molar-refractivity contribution >= 4 is 0 Å². The Kier molecular flexibility index (Phi) is 49.1. The lowest BCUT2D eigenvalue weighted by Crippen LogP contribution is -1.76. The van der Waals surface area contributed by atoms with Gasteiger partial charge in [-0.15, -0.1) is 0 Å². The van der Waals surface area contributed by atoms with Gasteiger partial charge in [-0.25, -0.2) is 9.97 Å². The van der Waals surface area contributed by atoms with Crippen LogP contribution in [0.3, 0.4) is 0 Å². The number of aryl methyl sites for hydroxylation is 1. The lowest BCUT2D eigenvalue weighted by molar-refractivity contribution is 0.913. The highest BCUT2D eigenvalue weighted by Gasteiger charge is 1.69. The first-order valence-electron chi connectivity index (χ1n) is 5.24. The van der Waals surface area contributed by atoms with E-state index in [1.807, 2.05) is 45.5 Å². The molecule has 0 saturated heterocycles. The summed E-state index contributed by atoms with van der Waals surface area (Å²) < 4.78 is 1.89. The Bertz CT molecular complexity index is 232. The molecule has 110 valence electrons. The molecule has 4 nitrogen and oxygen atoms in total. The molecule has 0 amide bonds. The van der Waals surface area contributed by atoms with Crippen LogP contribution in [0.1, 0.15) is 50.0 Å². The zero-order valence-electron chi connectivity index (χ0n) is 10.3. The Morgan fingerprint density at radius 1 is 0.889 bits per heavy atom. The van der Waals surface area contributed by atoms with Crippen molar-refractivity contribution in [2.45, 2.75) is 50.0 Å². The number of imidazole rings is 2. The van der Waals surface area contributed by atoms with Crippen molar-refractivity contribution in [2.24, 2.45) is 7.05 Å². The lowest BCUT2D eigenvalue weighted by Gasteiger charge is -1.76. The van der Waals surface area contributed by atoms with Crippen molar-refractivity contribution in [1.29, 1.82) is 0 Å². The highest BCUT2D eigenvalue weighted by molar-refractivity contribution is 4.70. The Hall–Kier alpha value is -1.58. The van der Waals surface area contributed by atoms with E-state index in [-0.39, 0.29) is 22.3 Å². The van der Waals surface area contributed by atoms with Crippen LogP contribution in [0.25, 0.3) is 0 Å². The van der Waals surface area contributed by atoms with Gasteiger partial charge in [0.2, 0.25) is 0 Å². The van der Waals surface area contributed by atoms with E-state index in [9.17, 15) is 0 Å². The molecule has 0 spiro atoms. The molecule has 1 N–H and O–H groups in total. The SMILES string of the molecule is C.C.C.CC.CC.Cn1ccnc1.c1c[nH]cn1. The maximum Gasteiger partial charge on any atom is 0.0943 e. The van der Waals surface area contributed by atoms with Crippen molar-refractivity contribution in [3.8, 4) is 0 Å². The molecule has 0 unspecified atom stereocenters. The molecule has 2 rings (SSSR count). The van der Waals surface area contributed by atoms with Gasteiger partial charge < -0.3 is 9.55 Å². The third-order valence-electron chi connectivity index (χ3n) is 1.04. The second-order valence-corrected chi connectivity index (χ2v) is 1.99. The van der Waals surface area contributed by atoms with E-state index in [4.69, 9.17) is 0 Å². The molecule has 0 radical (unpaired) electrons. The second-order valence-electron chi connectivity index (χ2n) is 1.99. The first kappa shape index (κ1) is 29.9. The van der Waals surface area contributed by atoms with Gasteiger partial charge in [0.25, 0.3) is 0 Å². The Morgan fingerprint density at radius 3 is 1.56 bits per heavy atom. The minimum Gasteiger partial charge on any atom is -0.351 e. The van der Waals surface area contributed by atoms with E-state index in [1.165, 1.54) is 0 Å². The molecule has 0 aromatic carbocycles. The number of aromatic amines is 1. The van der Waals surface area contributed by atoms with Gasteiger partial charge in [0.1, 0.15) is 0 Å². The lowest BCUT2D eigenvalue weighted by atomic mass is 10.9. The average Bonchev–Trinajstić information content (AvgIpc) is 2.98. The van der Waals surface area contributed by atoms with Gasteiger partial charge in [-0.2, -0.15) is 0 Å². The third kappa shape index (κ3) is 23.9. The predicted molar refractivity (Wildman–Crippen MR) is 84.7 cm³/mol. The Morgan fingerprint density at radius 2 is 1.44 bits per heavy atom. The van der Waals surface area contributed by atoms with Gasteiger partial charge in [0, 0.05) is 31.8 Å². The first-order chi connectivity index (χ1) is 7.39. The van der Waals surface area contributed by atoms with Crippen LogP contribution >= 0.6 is 0 Å². The maximum absolute atomic E-state index is 3.78. The van der Waals surface area contributed by atoms with Gasteiger partial charge in [-0.1, -0.05) is 50.0 Å². The van der Waals surface area contributed by atoms with Gasteiger partial charge in [-0.05, 0) is 0 Å². The number of aromatic nitrogens is 4. The minimum absolute atomic E-state index is 0. The zero-order chi connectivity index (χ0) is 11.9. The fourth-order valence-corrected chi connectivity index (χ4v) is 0.541. The number of nitrogens with zero attached hydrogens (tertiary/aromatic N) is 3. The summed E-state index contributed by atoms with van der Waals surface area (Å²) in [5, 5.41) is 0. The molecule has 0 aliphatic rings. The van der Waals surface area contributed by atoms with Gasteiger partial charge in [0.15, 0.2) is 0 Å². The van der Waals surface area contributed by atoms with Crippen molar-refractivity contribution in [2.75, 3.05) is 0 Å². The third-order valence-corrected chi connectivity index (χ3v) is 1.04. The molecule has 18 heavy (non-hydrogen) atoms. The van der Waals surface area contributed by atoms with Crippen molar-refractivity contribution in [1.82, 2.24) is 19.5 Å². The summed E-state index contributed by atoms with van der Waals surface area (Å²) in [6, 6.07) is 0. The first-order valence-corrected chi connectivity index (χ1v) is 5.24. The molecule has 4 heteroatoms. The summed E-state index contributed by atoms with van der Waals surface area (Å²) in [6.45, 7) is 8.00. The fraction of sp³-hybridized carbons (Fsp3) is 0.571. The predicted octanol–water partition coefficient (Wildman–Crippen LogP) is 4.79. The standard InChI is InChI=1S/C4H6N2.C3H4N2.2C2H6.3CH4/c1-6-3-2-5-4-6;1-2-5-3-4-1;2*1-2;;;/h2-4H,1H3;1-3H,(H,4,5);2*1-2H3;3*1H4. The summed E-state index contributed by atoms with van der Waals surface area (Å²) in [7, 11) is 1.94. The average molecular weight is 258 g/mol. The monoisotopic (exact) mass is 258 g/mol. The van der Waals surface area contributed by atoms with Crippen LogP contribution in [0.4, 0.5) is 0 Å². The van der Waals surface area contributed by atoms with Crippen LogP contribution in [-0.2, 0) is 7.05 Å². The molecule has 0 bridgehead atoms. The normalized spacial score (nSPS) is 5.83. The number of hydrogen-bond donors (Lipinski definition) is 1. The molecular formula is C14H34N4. The molecule has 0 saturated carbocycles. The molecule has 0 aliphatic heterocycles. The number of hydrogen-bond acceptors (Lipinski definition) is 2. The van der Waals surface area contributed by atoms with Crippen LogP contribution < -0.4 is 0 Å². The smallest absolute Gasteiger partial charge is 0.0943 e. The van der Waals surface area contributed by atoms with Crippen molar-refractivity contribution < 1.29 is 0 Å². The largest absolute Gasteiger partial charge is 0.351 e. The summed E-state index contributed by atoms with van der Waals surface area (Å²) in [4.78, 5) is 10.2. The topological polar surface area (TPSA) is 46.5 Å². The van der Waals surface area contributed by atoms with E-state index in [0.717, 1.165) is 0 Å². The van der Waals surface area contributed by atoms with Crippen molar-refractivity contribution in [3.05, 3.63) is 37.4 Å². The molecule has 2 aromatic heterocycles. The second kappa shape index (κ2) is 29.5. The maximum atomic E-state index is 3.78. The summed E-state index contributed by atoms with van der Waals surface area (Å²) in [6.07, 6.45) is 10.5. The molecule has 2 heterocycles. The van der Waals surface area contributed by atoms with E-state index >= 15 is 0 Å². The van der Waals surface area contributed by atoms with Crippen molar-refractivity contribution in [3.63, 3.8) is 0 Å². The highest BCUT2D eigenvalue weighted by Crippen LogP contribution is 1.73. The fourth-order valence-electron chi connectivity index (χ4n) is 0.541.